The standard InChI is InChI=1S/C9H15F3N2O2/c1-13(8(15)9(10,11)12)2-3-14-4-6-16-7-5-14/h2-7H2,1H3. The number of halogens is 3. The number of alkyl halides is 3. The topological polar surface area (TPSA) is 32.8 Å². The lowest BCUT2D eigenvalue weighted by molar-refractivity contribution is -0.184. The highest BCUT2D eigenvalue weighted by molar-refractivity contribution is 5.81. The summed E-state index contributed by atoms with van der Waals surface area (Å²) in [5.74, 6) is -1.79. The molecule has 0 aromatic heterocycles. The van der Waals surface area contributed by atoms with Crippen molar-refractivity contribution in [2.75, 3.05) is 46.4 Å². The Morgan fingerprint density at radius 1 is 1.38 bits per heavy atom. The number of amides is 1. The van der Waals surface area contributed by atoms with E-state index in [4.69, 9.17) is 4.74 Å². The van der Waals surface area contributed by atoms with E-state index in [1.807, 2.05) is 4.90 Å². The van der Waals surface area contributed by atoms with Gasteiger partial charge in [0.25, 0.3) is 0 Å². The Kier molecular flexibility index (Phi) is 4.55. The molecule has 16 heavy (non-hydrogen) atoms. The molecular formula is C9H15F3N2O2. The van der Waals surface area contributed by atoms with E-state index >= 15 is 0 Å². The molecule has 0 aromatic carbocycles. The van der Waals surface area contributed by atoms with Crippen molar-refractivity contribution in [3.8, 4) is 0 Å². The lowest BCUT2D eigenvalue weighted by atomic mass is 10.4. The van der Waals surface area contributed by atoms with Gasteiger partial charge in [0.15, 0.2) is 0 Å². The van der Waals surface area contributed by atoms with Gasteiger partial charge < -0.3 is 9.64 Å². The summed E-state index contributed by atoms with van der Waals surface area (Å²) in [6.45, 7) is 3.12. The number of nitrogens with zero attached hydrogens (tertiary/aromatic N) is 2. The van der Waals surface area contributed by atoms with Gasteiger partial charge in [-0.15, -0.1) is 0 Å². The Morgan fingerprint density at radius 2 is 1.94 bits per heavy atom. The molecule has 94 valence electrons. The van der Waals surface area contributed by atoms with E-state index < -0.39 is 12.1 Å². The van der Waals surface area contributed by atoms with Crippen LogP contribution in [-0.2, 0) is 9.53 Å². The van der Waals surface area contributed by atoms with Gasteiger partial charge in [-0.25, -0.2) is 0 Å². The van der Waals surface area contributed by atoms with Crippen LogP contribution in [0.2, 0.25) is 0 Å². The van der Waals surface area contributed by atoms with Crippen LogP contribution in [0.15, 0.2) is 0 Å². The second-order valence-electron chi connectivity index (χ2n) is 3.68. The van der Waals surface area contributed by atoms with E-state index in [2.05, 4.69) is 0 Å². The summed E-state index contributed by atoms with van der Waals surface area (Å²) in [7, 11) is 1.16. The third-order valence-electron chi connectivity index (χ3n) is 2.44. The molecule has 0 saturated carbocycles. The molecule has 1 aliphatic rings. The highest BCUT2D eigenvalue weighted by atomic mass is 19.4. The molecule has 0 aromatic rings. The van der Waals surface area contributed by atoms with Crippen molar-refractivity contribution in [1.29, 1.82) is 0 Å². The molecule has 1 rings (SSSR count). The van der Waals surface area contributed by atoms with Crippen LogP contribution in [0.1, 0.15) is 0 Å². The molecule has 0 bridgehead atoms. The lowest BCUT2D eigenvalue weighted by Crippen LogP contribution is -2.45. The zero-order valence-corrected chi connectivity index (χ0v) is 9.09. The summed E-state index contributed by atoms with van der Waals surface area (Å²) in [6, 6.07) is 0. The fourth-order valence-corrected chi connectivity index (χ4v) is 1.43. The van der Waals surface area contributed by atoms with Gasteiger partial charge in [-0.2, -0.15) is 13.2 Å². The predicted octanol–water partition coefficient (Wildman–Crippen LogP) is 0.339. The fourth-order valence-electron chi connectivity index (χ4n) is 1.43. The van der Waals surface area contributed by atoms with Gasteiger partial charge >= 0.3 is 12.1 Å². The van der Waals surface area contributed by atoms with Crippen molar-refractivity contribution in [3.63, 3.8) is 0 Å². The number of carbonyl (C=O) groups is 1. The van der Waals surface area contributed by atoms with Crippen molar-refractivity contribution in [2.45, 2.75) is 6.18 Å². The van der Waals surface area contributed by atoms with Crippen molar-refractivity contribution in [1.82, 2.24) is 9.80 Å². The van der Waals surface area contributed by atoms with Crippen LogP contribution in [0.4, 0.5) is 13.2 Å². The number of ether oxygens (including phenoxy) is 1. The summed E-state index contributed by atoms with van der Waals surface area (Å²) in [5.41, 5.74) is 0. The number of morpholine rings is 1. The smallest absolute Gasteiger partial charge is 0.379 e. The van der Waals surface area contributed by atoms with Gasteiger partial charge in [-0.1, -0.05) is 0 Å². The van der Waals surface area contributed by atoms with Gasteiger partial charge in [0.2, 0.25) is 0 Å². The Balaban J connectivity index is 2.28. The minimum Gasteiger partial charge on any atom is -0.379 e. The van der Waals surface area contributed by atoms with Crippen molar-refractivity contribution in [3.05, 3.63) is 0 Å². The van der Waals surface area contributed by atoms with Crippen LogP contribution in [0, 0.1) is 0 Å². The number of hydrogen-bond acceptors (Lipinski definition) is 3. The van der Waals surface area contributed by atoms with Crippen LogP contribution >= 0.6 is 0 Å². The van der Waals surface area contributed by atoms with Crippen LogP contribution < -0.4 is 0 Å². The highest BCUT2D eigenvalue weighted by Crippen LogP contribution is 2.17. The predicted molar refractivity (Wildman–Crippen MR) is 51.0 cm³/mol. The lowest BCUT2D eigenvalue weighted by Gasteiger charge is -2.28. The zero-order chi connectivity index (χ0) is 12.2. The number of carbonyl (C=O) groups excluding carboxylic acids is 1. The molecule has 4 nitrogen and oxygen atoms in total. The average molecular weight is 240 g/mol. The maximum Gasteiger partial charge on any atom is 0.471 e. The van der Waals surface area contributed by atoms with E-state index in [1.165, 1.54) is 0 Å². The van der Waals surface area contributed by atoms with Gasteiger partial charge in [0.05, 0.1) is 13.2 Å². The molecule has 0 radical (unpaired) electrons. The molecule has 7 heteroatoms. The first kappa shape index (κ1) is 13.2. The fraction of sp³-hybridized carbons (Fsp3) is 0.889. The Bertz CT molecular complexity index is 239. The maximum absolute atomic E-state index is 12.0. The third-order valence-corrected chi connectivity index (χ3v) is 2.44. The summed E-state index contributed by atoms with van der Waals surface area (Å²) in [5, 5.41) is 0. The first-order valence-electron chi connectivity index (χ1n) is 5.03. The molecule has 1 saturated heterocycles. The SMILES string of the molecule is CN(CCN1CCOCC1)C(=O)C(F)(F)F. The molecule has 0 unspecified atom stereocenters. The molecule has 1 heterocycles. The van der Waals surface area contributed by atoms with Crippen LogP contribution in [-0.4, -0.2) is 68.3 Å². The Labute approximate surface area is 91.9 Å². The first-order chi connectivity index (χ1) is 7.41. The quantitative estimate of drug-likeness (QED) is 0.713. The first-order valence-corrected chi connectivity index (χ1v) is 5.03. The number of rotatable bonds is 3. The molecule has 1 aliphatic heterocycles. The number of likely N-dealkylation sites (N-methyl/N-ethyl adjacent to an activating group) is 1. The van der Waals surface area contributed by atoms with E-state index in [0.717, 1.165) is 7.05 Å². The monoisotopic (exact) mass is 240 g/mol. The van der Waals surface area contributed by atoms with Crippen molar-refractivity contribution in [2.24, 2.45) is 0 Å². The molecule has 0 spiro atoms. The van der Waals surface area contributed by atoms with Crippen LogP contribution in [0.25, 0.3) is 0 Å². The van der Waals surface area contributed by atoms with E-state index in [0.29, 0.717) is 37.7 Å². The summed E-state index contributed by atoms with van der Waals surface area (Å²) < 4.78 is 41.2. The van der Waals surface area contributed by atoms with Gasteiger partial charge in [-0.3, -0.25) is 9.69 Å². The second-order valence-corrected chi connectivity index (χ2v) is 3.68. The summed E-state index contributed by atoms with van der Waals surface area (Å²) >= 11 is 0. The minimum absolute atomic E-state index is 0.0817. The molecule has 0 atom stereocenters. The van der Waals surface area contributed by atoms with E-state index in [-0.39, 0.29) is 6.54 Å². The molecule has 0 aliphatic carbocycles. The third kappa shape index (κ3) is 3.97. The maximum atomic E-state index is 12.0. The van der Waals surface area contributed by atoms with Crippen LogP contribution in [0.5, 0.6) is 0 Å². The molecular weight excluding hydrogens is 225 g/mol. The van der Waals surface area contributed by atoms with Crippen LogP contribution in [0.3, 0.4) is 0 Å². The van der Waals surface area contributed by atoms with Gasteiger partial charge in [0.1, 0.15) is 0 Å². The minimum atomic E-state index is -4.78. The van der Waals surface area contributed by atoms with Crippen molar-refractivity contribution >= 4 is 5.91 Å². The van der Waals surface area contributed by atoms with Crippen molar-refractivity contribution < 1.29 is 22.7 Å². The van der Waals surface area contributed by atoms with Gasteiger partial charge in [0, 0.05) is 33.2 Å². The average Bonchev–Trinajstić information content (AvgIpc) is 2.25. The normalized spacial score (nSPS) is 18.5. The summed E-state index contributed by atoms with van der Waals surface area (Å²) in [6.07, 6.45) is -4.78. The van der Waals surface area contributed by atoms with Gasteiger partial charge in [-0.05, 0) is 0 Å². The summed E-state index contributed by atoms with van der Waals surface area (Å²) in [4.78, 5) is 13.5. The molecule has 0 N–H and O–H groups in total. The second kappa shape index (κ2) is 5.49. The Hall–Kier alpha value is -0.820. The highest BCUT2D eigenvalue weighted by Gasteiger charge is 2.41. The number of hydrogen-bond donors (Lipinski definition) is 0. The molecule has 1 fully saturated rings. The largest absolute Gasteiger partial charge is 0.471 e. The Morgan fingerprint density at radius 3 is 2.44 bits per heavy atom. The van der Waals surface area contributed by atoms with E-state index in [9.17, 15) is 18.0 Å². The zero-order valence-electron chi connectivity index (χ0n) is 9.09. The van der Waals surface area contributed by atoms with E-state index in [1.54, 1.807) is 0 Å². The molecule has 1 amide bonds.